The fourth-order valence-corrected chi connectivity index (χ4v) is 5.02. The Morgan fingerprint density at radius 2 is 1.79 bits per heavy atom. The molecular weight excluding hydrogens is 412 g/mol. The molecule has 0 aromatic heterocycles. The molecule has 0 saturated carbocycles. The van der Waals surface area contributed by atoms with Crippen molar-refractivity contribution in [1.82, 2.24) is 9.62 Å². The van der Waals surface area contributed by atoms with Crippen LogP contribution in [0.1, 0.15) is 25.3 Å². The molecule has 2 aromatic carbocycles. The Morgan fingerprint density at radius 3 is 2.41 bits per heavy atom. The number of piperidine rings is 1. The van der Waals surface area contributed by atoms with Crippen LogP contribution in [0.3, 0.4) is 0 Å². The minimum absolute atomic E-state index is 0.0666. The van der Waals surface area contributed by atoms with Crippen LogP contribution in [0.15, 0.2) is 53.4 Å². The Kier molecular flexibility index (Phi) is 7.16. The number of carbonyl (C=O) groups is 1. The third-order valence-corrected chi connectivity index (χ3v) is 7.29. The standard InChI is InChI=1S/C21H25ClN2O4S/c1-2-28-18-7-9-19(10-8-18)29(26,27)24-13-11-16(12-14-24)21(25)23-15-17-5-3-4-6-20(17)22/h3-10,16H,2,11-15H2,1H3,(H,23,25). The molecule has 0 bridgehead atoms. The van der Waals surface area contributed by atoms with Gasteiger partial charge in [0.25, 0.3) is 0 Å². The van der Waals surface area contributed by atoms with Crippen LogP contribution in [0.5, 0.6) is 5.75 Å². The molecule has 2 aromatic rings. The van der Waals surface area contributed by atoms with Crippen molar-refractivity contribution in [2.24, 2.45) is 5.92 Å². The van der Waals surface area contributed by atoms with Gasteiger partial charge in [-0.15, -0.1) is 0 Å². The van der Waals surface area contributed by atoms with E-state index in [4.69, 9.17) is 16.3 Å². The smallest absolute Gasteiger partial charge is 0.243 e. The Balaban J connectivity index is 1.55. The minimum atomic E-state index is -3.58. The number of nitrogens with one attached hydrogen (secondary N) is 1. The maximum absolute atomic E-state index is 12.9. The maximum Gasteiger partial charge on any atom is 0.243 e. The molecule has 0 unspecified atom stereocenters. The van der Waals surface area contributed by atoms with Crippen molar-refractivity contribution in [1.29, 1.82) is 0 Å². The molecule has 8 heteroatoms. The summed E-state index contributed by atoms with van der Waals surface area (Å²) in [6.07, 6.45) is 0.981. The van der Waals surface area contributed by atoms with Gasteiger partial charge in [-0.05, 0) is 55.7 Å². The highest BCUT2D eigenvalue weighted by atomic mass is 35.5. The summed E-state index contributed by atoms with van der Waals surface area (Å²) in [6.45, 7) is 3.40. The zero-order valence-corrected chi connectivity index (χ0v) is 17.9. The van der Waals surface area contributed by atoms with Gasteiger partial charge in [-0.25, -0.2) is 8.42 Å². The Labute approximate surface area is 176 Å². The summed E-state index contributed by atoms with van der Waals surface area (Å²) in [4.78, 5) is 12.7. The first-order valence-electron chi connectivity index (χ1n) is 9.66. The molecule has 1 saturated heterocycles. The third-order valence-electron chi connectivity index (χ3n) is 5.01. The molecule has 1 aliphatic heterocycles. The van der Waals surface area contributed by atoms with Gasteiger partial charge in [0.1, 0.15) is 5.75 Å². The number of sulfonamides is 1. The maximum atomic E-state index is 12.9. The van der Waals surface area contributed by atoms with Crippen LogP contribution in [0.4, 0.5) is 0 Å². The summed E-state index contributed by atoms with van der Waals surface area (Å²) in [5.74, 6) is 0.368. The first-order valence-corrected chi connectivity index (χ1v) is 11.5. The highest BCUT2D eigenvalue weighted by Gasteiger charge is 2.32. The number of carbonyl (C=O) groups excluding carboxylic acids is 1. The van der Waals surface area contributed by atoms with Crippen LogP contribution >= 0.6 is 11.6 Å². The lowest BCUT2D eigenvalue weighted by Crippen LogP contribution is -2.42. The largest absolute Gasteiger partial charge is 0.494 e. The highest BCUT2D eigenvalue weighted by Crippen LogP contribution is 2.25. The number of halogens is 1. The van der Waals surface area contributed by atoms with Gasteiger partial charge in [-0.1, -0.05) is 29.8 Å². The van der Waals surface area contributed by atoms with E-state index < -0.39 is 10.0 Å². The number of rotatable bonds is 7. The van der Waals surface area contributed by atoms with Crippen LogP contribution in [0.2, 0.25) is 5.02 Å². The number of hydrogen-bond acceptors (Lipinski definition) is 4. The van der Waals surface area contributed by atoms with Gasteiger partial charge in [0.2, 0.25) is 15.9 Å². The fraction of sp³-hybridized carbons (Fsp3) is 0.381. The van der Waals surface area contributed by atoms with Crippen molar-refractivity contribution >= 4 is 27.5 Å². The number of benzene rings is 2. The molecular formula is C21H25ClN2O4S. The lowest BCUT2D eigenvalue weighted by molar-refractivity contribution is -0.126. The summed E-state index contributed by atoms with van der Waals surface area (Å²) >= 11 is 6.12. The van der Waals surface area contributed by atoms with E-state index in [9.17, 15) is 13.2 Å². The predicted octanol–water partition coefficient (Wildman–Crippen LogP) is 3.46. The van der Waals surface area contributed by atoms with Gasteiger partial charge in [-0.2, -0.15) is 4.31 Å². The molecule has 3 rings (SSSR count). The molecule has 0 radical (unpaired) electrons. The van der Waals surface area contributed by atoms with Crippen molar-refractivity contribution < 1.29 is 17.9 Å². The van der Waals surface area contributed by atoms with Gasteiger partial charge in [-0.3, -0.25) is 4.79 Å². The lowest BCUT2D eigenvalue weighted by Gasteiger charge is -2.30. The normalized spacial score (nSPS) is 15.8. The van der Waals surface area contributed by atoms with E-state index in [2.05, 4.69) is 5.32 Å². The van der Waals surface area contributed by atoms with Gasteiger partial charge in [0.15, 0.2) is 0 Å². The summed E-state index contributed by atoms with van der Waals surface area (Å²) in [7, 11) is -3.58. The molecule has 0 spiro atoms. The first kappa shape index (κ1) is 21.6. The molecule has 6 nitrogen and oxygen atoms in total. The van der Waals surface area contributed by atoms with Crippen molar-refractivity contribution in [3.63, 3.8) is 0 Å². The summed E-state index contributed by atoms with van der Waals surface area (Å²) < 4.78 is 32.5. The van der Waals surface area contributed by atoms with E-state index >= 15 is 0 Å². The van der Waals surface area contributed by atoms with Gasteiger partial charge in [0.05, 0.1) is 11.5 Å². The molecule has 1 aliphatic rings. The molecule has 29 heavy (non-hydrogen) atoms. The average molecular weight is 437 g/mol. The summed E-state index contributed by atoms with van der Waals surface area (Å²) in [6, 6.07) is 13.8. The van der Waals surface area contributed by atoms with E-state index in [0.717, 1.165) is 5.56 Å². The first-order chi connectivity index (χ1) is 13.9. The minimum Gasteiger partial charge on any atom is -0.494 e. The molecule has 156 valence electrons. The van der Waals surface area contributed by atoms with Gasteiger partial charge in [0, 0.05) is 30.6 Å². The second-order valence-corrected chi connectivity index (χ2v) is 9.24. The number of amides is 1. The van der Waals surface area contributed by atoms with E-state index in [0.29, 0.717) is 49.9 Å². The van der Waals surface area contributed by atoms with Gasteiger partial charge >= 0.3 is 0 Å². The highest BCUT2D eigenvalue weighted by molar-refractivity contribution is 7.89. The Morgan fingerprint density at radius 1 is 1.14 bits per heavy atom. The zero-order chi connectivity index (χ0) is 20.9. The van der Waals surface area contributed by atoms with Crippen LogP contribution < -0.4 is 10.1 Å². The third kappa shape index (κ3) is 5.29. The fourth-order valence-electron chi connectivity index (χ4n) is 3.35. The molecule has 0 aliphatic carbocycles. The van der Waals surface area contributed by atoms with Gasteiger partial charge < -0.3 is 10.1 Å². The van der Waals surface area contributed by atoms with Crippen LogP contribution in [-0.2, 0) is 21.4 Å². The lowest BCUT2D eigenvalue weighted by atomic mass is 9.97. The molecule has 1 N–H and O–H groups in total. The van der Waals surface area contributed by atoms with E-state index in [1.54, 1.807) is 30.3 Å². The van der Waals surface area contributed by atoms with E-state index in [-0.39, 0.29) is 16.7 Å². The summed E-state index contributed by atoms with van der Waals surface area (Å²) in [5.41, 5.74) is 0.859. The van der Waals surface area contributed by atoms with Crippen LogP contribution in [0.25, 0.3) is 0 Å². The Hall–Kier alpha value is -2.09. The van der Waals surface area contributed by atoms with Crippen molar-refractivity contribution in [3.8, 4) is 5.75 Å². The number of ether oxygens (including phenoxy) is 1. The van der Waals surface area contributed by atoms with Crippen molar-refractivity contribution in [2.75, 3.05) is 19.7 Å². The van der Waals surface area contributed by atoms with Crippen molar-refractivity contribution in [3.05, 3.63) is 59.1 Å². The topological polar surface area (TPSA) is 75.7 Å². The van der Waals surface area contributed by atoms with Crippen LogP contribution in [0, 0.1) is 5.92 Å². The predicted molar refractivity (Wildman–Crippen MR) is 112 cm³/mol. The van der Waals surface area contributed by atoms with Crippen LogP contribution in [-0.4, -0.2) is 38.3 Å². The zero-order valence-electron chi connectivity index (χ0n) is 16.3. The molecule has 1 fully saturated rings. The SMILES string of the molecule is CCOc1ccc(S(=O)(=O)N2CCC(C(=O)NCc3ccccc3Cl)CC2)cc1. The Bertz CT molecular complexity index is 939. The second-order valence-electron chi connectivity index (χ2n) is 6.89. The van der Waals surface area contributed by atoms with E-state index in [1.165, 1.54) is 4.31 Å². The molecule has 0 atom stereocenters. The molecule has 1 amide bonds. The quantitative estimate of drug-likeness (QED) is 0.721. The second kappa shape index (κ2) is 9.61. The van der Waals surface area contributed by atoms with Crippen molar-refractivity contribution in [2.45, 2.75) is 31.2 Å². The summed E-state index contributed by atoms with van der Waals surface area (Å²) in [5, 5.41) is 3.52. The van der Waals surface area contributed by atoms with E-state index in [1.807, 2.05) is 25.1 Å². The average Bonchev–Trinajstić information content (AvgIpc) is 2.74. The number of hydrogen-bond donors (Lipinski definition) is 1. The molecule has 1 heterocycles. The number of nitrogens with zero attached hydrogens (tertiary/aromatic N) is 1. The monoisotopic (exact) mass is 436 g/mol.